The predicted octanol–water partition coefficient (Wildman–Crippen LogP) is 4.05. The van der Waals surface area contributed by atoms with E-state index in [4.69, 9.17) is 0 Å². The molecule has 1 heterocycles. The quantitative estimate of drug-likeness (QED) is 0.743. The van der Waals surface area contributed by atoms with Crippen LogP contribution < -0.4 is 9.03 Å². The van der Waals surface area contributed by atoms with E-state index < -0.39 is 31.8 Å². The minimum atomic E-state index is -4.52. The Bertz CT molecular complexity index is 1160. The first kappa shape index (κ1) is 22.4. The summed E-state index contributed by atoms with van der Waals surface area (Å²) in [4.78, 5) is -0.0712. The highest BCUT2D eigenvalue weighted by Crippen LogP contribution is 2.33. The number of aryl methyl sites for hydroxylation is 2. The number of rotatable bonds is 4. The second-order valence-corrected chi connectivity index (χ2v) is 10.8. The molecule has 1 aliphatic rings. The number of halogens is 3. The van der Waals surface area contributed by atoms with Crippen LogP contribution in [0.4, 0.5) is 24.5 Å². The summed E-state index contributed by atoms with van der Waals surface area (Å²) in [7, 11) is -7.54. The summed E-state index contributed by atoms with van der Waals surface area (Å²) in [6, 6.07) is 6.55. The van der Waals surface area contributed by atoms with Crippen LogP contribution in [0.5, 0.6) is 0 Å². The van der Waals surface area contributed by atoms with Gasteiger partial charge in [-0.05, 0) is 74.2 Å². The summed E-state index contributed by atoms with van der Waals surface area (Å²) in [5, 5.41) is 0. The van der Waals surface area contributed by atoms with Gasteiger partial charge in [0.2, 0.25) is 10.0 Å². The Morgan fingerprint density at radius 2 is 1.63 bits per heavy atom. The summed E-state index contributed by atoms with van der Waals surface area (Å²) in [5.74, 6) is 0.0427. The van der Waals surface area contributed by atoms with Crippen LogP contribution in [-0.2, 0) is 26.2 Å². The Kier molecular flexibility index (Phi) is 5.80. The lowest BCUT2D eigenvalue weighted by Crippen LogP contribution is -2.38. The second-order valence-electron chi connectivity index (χ2n) is 7.18. The standard InChI is InChI=1S/C19H21F3N2O4S2/c1-13-12-18(14(2)11-17(13)24-9-3-4-10-29(24,25)26)30(27,28)23-16-7-5-15(6-8-16)19(20,21)22/h5-8,11-12,23H,3-4,9-10H2,1-2H3. The first-order chi connectivity index (χ1) is 13.8. The van der Waals surface area contributed by atoms with Crippen LogP contribution in [-0.4, -0.2) is 29.1 Å². The van der Waals surface area contributed by atoms with Crippen LogP contribution in [0.15, 0.2) is 41.3 Å². The molecule has 2 aromatic rings. The van der Waals surface area contributed by atoms with E-state index in [0.29, 0.717) is 36.2 Å². The highest BCUT2D eigenvalue weighted by molar-refractivity contribution is 7.93. The number of nitrogens with one attached hydrogen (secondary N) is 1. The Morgan fingerprint density at radius 3 is 2.20 bits per heavy atom. The van der Waals surface area contributed by atoms with Gasteiger partial charge in [-0.25, -0.2) is 16.8 Å². The number of hydrogen-bond acceptors (Lipinski definition) is 4. The molecule has 1 aliphatic heterocycles. The molecule has 0 bridgehead atoms. The summed E-state index contributed by atoms with van der Waals surface area (Å²) in [6.45, 7) is 3.50. The molecule has 0 spiro atoms. The molecule has 0 saturated carbocycles. The molecular formula is C19H21F3N2O4S2. The fraction of sp³-hybridized carbons (Fsp3) is 0.368. The molecule has 3 rings (SSSR count). The molecule has 1 N–H and O–H groups in total. The van der Waals surface area contributed by atoms with Gasteiger partial charge >= 0.3 is 6.18 Å². The smallest absolute Gasteiger partial charge is 0.280 e. The largest absolute Gasteiger partial charge is 0.416 e. The van der Waals surface area contributed by atoms with Crippen LogP contribution in [0.2, 0.25) is 0 Å². The Labute approximate surface area is 173 Å². The van der Waals surface area contributed by atoms with E-state index >= 15 is 0 Å². The van der Waals surface area contributed by atoms with Gasteiger partial charge in [0.25, 0.3) is 10.0 Å². The van der Waals surface area contributed by atoms with Crippen molar-refractivity contribution >= 4 is 31.4 Å². The van der Waals surface area contributed by atoms with Crippen molar-refractivity contribution in [2.45, 2.75) is 37.8 Å². The third kappa shape index (κ3) is 4.56. The van der Waals surface area contributed by atoms with Crippen molar-refractivity contribution in [3.05, 3.63) is 53.1 Å². The van der Waals surface area contributed by atoms with Gasteiger partial charge in [0.05, 0.1) is 21.9 Å². The van der Waals surface area contributed by atoms with Crippen molar-refractivity contribution in [1.82, 2.24) is 0 Å². The van der Waals surface area contributed by atoms with Crippen LogP contribution in [0, 0.1) is 13.8 Å². The van der Waals surface area contributed by atoms with Crippen LogP contribution in [0.1, 0.15) is 29.5 Å². The number of hydrogen-bond donors (Lipinski definition) is 1. The fourth-order valence-electron chi connectivity index (χ4n) is 3.33. The van der Waals surface area contributed by atoms with Gasteiger partial charge in [0.1, 0.15) is 0 Å². The second kappa shape index (κ2) is 7.77. The zero-order chi connectivity index (χ0) is 22.3. The van der Waals surface area contributed by atoms with Gasteiger partial charge in [-0.1, -0.05) is 0 Å². The van der Waals surface area contributed by atoms with Crippen LogP contribution >= 0.6 is 0 Å². The topological polar surface area (TPSA) is 83.6 Å². The minimum absolute atomic E-state index is 0.0114. The summed E-state index contributed by atoms with van der Waals surface area (Å²) in [5.41, 5.74) is 0.336. The van der Waals surface area contributed by atoms with E-state index in [2.05, 4.69) is 4.72 Å². The molecular weight excluding hydrogens is 441 g/mol. The molecule has 6 nitrogen and oxygen atoms in total. The fourth-order valence-corrected chi connectivity index (χ4v) is 6.39. The minimum Gasteiger partial charge on any atom is -0.280 e. The number of sulfonamides is 2. The molecule has 0 unspecified atom stereocenters. The molecule has 164 valence electrons. The third-order valence-electron chi connectivity index (χ3n) is 4.87. The van der Waals surface area contributed by atoms with E-state index in [-0.39, 0.29) is 16.3 Å². The Hall–Kier alpha value is -2.27. The number of alkyl halides is 3. The highest BCUT2D eigenvalue weighted by Gasteiger charge is 2.31. The summed E-state index contributed by atoms with van der Waals surface area (Å²) in [6.07, 6.45) is -3.22. The molecule has 0 radical (unpaired) electrons. The number of anilines is 2. The number of benzene rings is 2. The average molecular weight is 463 g/mol. The maximum absolute atomic E-state index is 12.8. The third-order valence-corrected chi connectivity index (χ3v) is 8.24. The van der Waals surface area contributed by atoms with Crippen molar-refractivity contribution in [1.29, 1.82) is 0 Å². The van der Waals surface area contributed by atoms with Gasteiger partial charge in [-0.15, -0.1) is 0 Å². The Balaban J connectivity index is 1.92. The SMILES string of the molecule is Cc1cc(S(=O)(=O)Nc2ccc(C(F)(F)F)cc2)c(C)cc1N1CCCCS1(=O)=O. The molecule has 11 heteroatoms. The van der Waals surface area contributed by atoms with Crippen molar-refractivity contribution < 1.29 is 30.0 Å². The molecule has 0 aliphatic carbocycles. The van der Waals surface area contributed by atoms with Crippen molar-refractivity contribution in [3.63, 3.8) is 0 Å². The first-order valence-electron chi connectivity index (χ1n) is 9.13. The van der Waals surface area contributed by atoms with E-state index in [9.17, 15) is 30.0 Å². The maximum Gasteiger partial charge on any atom is 0.416 e. The lowest BCUT2D eigenvalue weighted by atomic mass is 10.1. The van der Waals surface area contributed by atoms with Crippen molar-refractivity contribution in [3.8, 4) is 0 Å². The number of nitrogens with zero attached hydrogens (tertiary/aromatic N) is 1. The molecule has 0 atom stereocenters. The van der Waals surface area contributed by atoms with E-state index in [1.165, 1.54) is 16.4 Å². The molecule has 0 amide bonds. The first-order valence-corrected chi connectivity index (χ1v) is 12.2. The Morgan fingerprint density at radius 1 is 1.00 bits per heavy atom. The van der Waals surface area contributed by atoms with Gasteiger partial charge in [0, 0.05) is 12.2 Å². The normalized spacial score (nSPS) is 17.0. The maximum atomic E-state index is 12.8. The molecule has 1 saturated heterocycles. The zero-order valence-electron chi connectivity index (χ0n) is 16.3. The molecule has 30 heavy (non-hydrogen) atoms. The lowest BCUT2D eigenvalue weighted by molar-refractivity contribution is -0.137. The molecule has 1 fully saturated rings. The lowest BCUT2D eigenvalue weighted by Gasteiger charge is -2.30. The van der Waals surface area contributed by atoms with Gasteiger partial charge in [-0.2, -0.15) is 13.2 Å². The molecule has 0 aromatic heterocycles. The van der Waals surface area contributed by atoms with Gasteiger partial charge < -0.3 is 0 Å². The monoisotopic (exact) mass is 462 g/mol. The summed E-state index contributed by atoms with van der Waals surface area (Å²) >= 11 is 0. The molecule has 2 aromatic carbocycles. The predicted molar refractivity (Wildman–Crippen MR) is 109 cm³/mol. The van der Waals surface area contributed by atoms with Crippen LogP contribution in [0.25, 0.3) is 0 Å². The van der Waals surface area contributed by atoms with Crippen molar-refractivity contribution in [2.75, 3.05) is 21.3 Å². The zero-order valence-corrected chi connectivity index (χ0v) is 18.0. The van der Waals surface area contributed by atoms with Gasteiger partial charge in [0.15, 0.2) is 0 Å². The van der Waals surface area contributed by atoms with Crippen LogP contribution in [0.3, 0.4) is 0 Å². The van der Waals surface area contributed by atoms with E-state index in [1.54, 1.807) is 13.8 Å². The van der Waals surface area contributed by atoms with E-state index in [0.717, 1.165) is 24.3 Å². The summed E-state index contributed by atoms with van der Waals surface area (Å²) < 4.78 is 92.0. The van der Waals surface area contributed by atoms with E-state index in [1.807, 2.05) is 0 Å². The van der Waals surface area contributed by atoms with Gasteiger partial charge in [-0.3, -0.25) is 9.03 Å². The van der Waals surface area contributed by atoms with Crippen molar-refractivity contribution in [2.24, 2.45) is 0 Å². The average Bonchev–Trinajstić information content (AvgIpc) is 2.62. The highest BCUT2D eigenvalue weighted by atomic mass is 32.2.